The zero-order chi connectivity index (χ0) is 26.6. The molecule has 0 aliphatic carbocycles. The number of benzene rings is 2. The van der Waals surface area contributed by atoms with E-state index in [0.29, 0.717) is 5.56 Å². The predicted octanol–water partition coefficient (Wildman–Crippen LogP) is 3.54. The monoisotopic (exact) mass is 539 g/mol. The number of carbonyl (C=O) groups is 1. The average Bonchev–Trinajstić information content (AvgIpc) is 3.09. The van der Waals surface area contributed by atoms with Crippen LogP contribution in [0.4, 0.5) is 8.78 Å². The molecule has 0 saturated heterocycles. The summed E-state index contributed by atoms with van der Waals surface area (Å²) < 4.78 is 43.1. The molecule has 1 N–H and O–H groups in total. The average molecular weight is 540 g/mol. The first-order valence-corrected chi connectivity index (χ1v) is 12.9. The molecule has 4 heterocycles. The zero-order valence-corrected chi connectivity index (χ0v) is 21.1. The maximum absolute atomic E-state index is 15.4. The van der Waals surface area contributed by atoms with Crippen molar-refractivity contribution in [1.29, 1.82) is 0 Å². The van der Waals surface area contributed by atoms with E-state index in [0.717, 1.165) is 16.5 Å². The van der Waals surface area contributed by atoms with Crippen LogP contribution in [-0.4, -0.2) is 53.6 Å². The Morgan fingerprint density at radius 3 is 2.84 bits per heavy atom. The first-order chi connectivity index (χ1) is 18.4. The highest BCUT2D eigenvalue weighted by Gasteiger charge is 2.42. The molecule has 0 saturated carbocycles. The van der Waals surface area contributed by atoms with Gasteiger partial charge in [0, 0.05) is 47.2 Å². The number of aromatic hydroxyl groups is 1. The number of hydrogen-bond donors (Lipinski definition) is 1. The molecule has 2 bridgehead atoms. The molecule has 1 amide bonds. The Bertz CT molecular complexity index is 1540. The van der Waals surface area contributed by atoms with Crippen molar-refractivity contribution in [2.24, 2.45) is 0 Å². The fourth-order valence-corrected chi connectivity index (χ4v) is 6.37. The van der Waals surface area contributed by atoms with Crippen LogP contribution in [0.1, 0.15) is 33.2 Å². The summed E-state index contributed by atoms with van der Waals surface area (Å²) in [6.45, 7) is 0.165. The largest absolute Gasteiger partial charge is 0.502 e. The molecule has 3 aliphatic rings. The number of amides is 1. The van der Waals surface area contributed by atoms with E-state index in [9.17, 15) is 19.1 Å². The van der Waals surface area contributed by atoms with Crippen molar-refractivity contribution in [3.8, 4) is 11.5 Å². The number of thioether (sulfide) groups is 1. The molecule has 0 radical (unpaired) electrons. The maximum Gasteiger partial charge on any atom is 0.278 e. The van der Waals surface area contributed by atoms with E-state index in [-0.39, 0.29) is 42.6 Å². The summed E-state index contributed by atoms with van der Waals surface area (Å²) in [6, 6.07) is 8.38. The molecule has 196 valence electrons. The van der Waals surface area contributed by atoms with Gasteiger partial charge in [0.2, 0.25) is 5.43 Å². The summed E-state index contributed by atoms with van der Waals surface area (Å²) in [4.78, 5) is 28.5. The SMILES string of the molecule is COC[C@H]1/C=C/COc2cc(F)c(F)c3c2[C@@H](c2ccccc2SC3)N2CN1C(=O)c1c(O)c(=O)ccn12. The van der Waals surface area contributed by atoms with Gasteiger partial charge in [-0.05, 0) is 17.7 Å². The van der Waals surface area contributed by atoms with Crippen molar-refractivity contribution in [2.75, 3.05) is 32.0 Å². The molecule has 0 fully saturated rings. The van der Waals surface area contributed by atoms with Crippen LogP contribution in [0.15, 0.2) is 64.4 Å². The Labute approximate surface area is 220 Å². The Kier molecular flexibility index (Phi) is 6.11. The molecule has 0 spiro atoms. The molecule has 2 aromatic carbocycles. The first kappa shape index (κ1) is 24.5. The minimum atomic E-state index is -1.02. The van der Waals surface area contributed by atoms with E-state index in [4.69, 9.17) is 9.47 Å². The fourth-order valence-electron chi connectivity index (χ4n) is 5.27. The minimum absolute atomic E-state index is 0.00590. The van der Waals surface area contributed by atoms with Crippen LogP contribution in [-0.2, 0) is 10.5 Å². The van der Waals surface area contributed by atoms with E-state index in [2.05, 4.69) is 0 Å². The molecule has 2 atom stereocenters. The lowest BCUT2D eigenvalue weighted by Crippen LogP contribution is -2.58. The van der Waals surface area contributed by atoms with Crippen molar-refractivity contribution in [3.05, 3.63) is 99.0 Å². The quantitative estimate of drug-likeness (QED) is 0.499. The molecule has 6 rings (SSSR count). The number of rotatable bonds is 2. The second kappa shape index (κ2) is 9.48. The molecule has 8 nitrogen and oxygen atoms in total. The number of methoxy groups -OCH3 is 1. The van der Waals surface area contributed by atoms with Crippen LogP contribution >= 0.6 is 11.8 Å². The third kappa shape index (κ3) is 3.76. The Balaban J connectivity index is 1.70. The van der Waals surface area contributed by atoms with Gasteiger partial charge in [0.1, 0.15) is 25.1 Å². The van der Waals surface area contributed by atoms with E-state index in [1.165, 1.54) is 40.7 Å². The van der Waals surface area contributed by atoms with Gasteiger partial charge in [0.15, 0.2) is 23.1 Å². The second-order valence-electron chi connectivity index (χ2n) is 9.13. The lowest BCUT2D eigenvalue weighted by molar-refractivity contribution is 0.0517. The number of pyridine rings is 1. The number of aromatic nitrogens is 1. The van der Waals surface area contributed by atoms with E-state index in [1.54, 1.807) is 17.2 Å². The van der Waals surface area contributed by atoms with Crippen molar-refractivity contribution in [3.63, 3.8) is 0 Å². The lowest BCUT2D eigenvalue weighted by atomic mass is 9.92. The van der Waals surface area contributed by atoms with Crippen molar-refractivity contribution >= 4 is 17.7 Å². The molecule has 0 unspecified atom stereocenters. The second-order valence-corrected chi connectivity index (χ2v) is 10.1. The first-order valence-electron chi connectivity index (χ1n) is 11.9. The smallest absolute Gasteiger partial charge is 0.278 e. The summed E-state index contributed by atoms with van der Waals surface area (Å²) in [5, 5.41) is 12.5. The summed E-state index contributed by atoms with van der Waals surface area (Å²) in [5.41, 5.74) is 0.417. The topological polar surface area (TPSA) is 84.2 Å². The molecular formula is C27H23F2N3O5S. The molecule has 38 heavy (non-hydrogen) atoms. The van der Waals surface area contributed by atoms with Crippen LogP contribution in [0.25, 0.3) is 0 Å². The minimum Gasteiger partial charge on any atom is -0.502 e. The Morgan fingerprint density at radius 2 is 2.03 bits per heavy atom. The summed E-state index contributed by atoms with van der Waals surface area (Å²) in [7, 11) is 1.50. The Morgan fingerprint density at radius 1 is 1.21 bits per heavy atom. The number of hydrogen-bond acceptors (Lipinski definition) is 7. The van der Waals surface area contributed by atoms with Gasteiger partial charge in [-0.25, -0.2) is 8.78 Å². The summed E-state index contributed by atoms with van der Waals surface area (Å²) in [6.07, 6.45) is 4.82. The number of halogens is 2. The van der Waals surface area contributed by atoms with E-state index in [1.807, 2.05) is 24.3 Å². The van der Waals surface area contributed by atoms with Gasteiger partial charge in [-0.2, -0.15) is 0 Å². The molecule has 11 heteroatoms. The molecule has 1 aromatic heterocycles. The van der Waals surface area contributed by atoms with Gasteiger partial charge in [-0.3, -0.25) is 19.3 Å². The van der Waals surface area contributed by atoms with Gasteiger partial charge in [-0.15, -0.1) is 11.8 Å². The van der Waals surface area contributed by atoms with Crippen LogP contribution < -0.4 is 15.2 Å². The Hall–Kier alpha value is -3.83. The molecular weight excluding hydrogens is 516 g/mol. The molecule has 3 aromatic rings. The van der Waals surface area contributed by atoms with Gasteiger partial charge in [0.25, 0.3) is 5.91 Å². The number of carbonyl (C=O) groups excluding carboxylic acids is 1. The number of ether oxygens (including phenoxy) is 2. The van der Waals surface area contributed by atoms with Crippen LogP contribution in [0.2, 0.25) is 0 Å². The standard InChI is InChI=1S/C27H23F2N3O5S/c1-36-12-15-5-4-10-37-20-11-18(28)23(29)17-13-38-21-7-3-2-6-16(21)24(22(17)20)32-14-30(15)27(35)25-26(34)19(33)8-9-31(25)32/h2-9,11,15,24,34H,10,12-14H2,1H3/b5-4+/t15-,24-/m1/s1. The third-order valence-corrected chi connectivity index (χ3v) is 8.12. The van der Waals surface area contributed by atoms with Gasteiger partial charge < -0.3 is 19.5 Å². The van der Waals surface area contributed by atoms with Crippen LogP contribution in [0.3, 0.4) is 0 Å². The van der Waals surface area contributed by atoms with Gasteiger partial charge in [-0.1, -0.05) is 24.3 Å². The normalized spacial score (nSPS) is 20.9. The molecule has 3 aliphatic heterocycles. The van der Waals surface area contributed by atoms with Gasteiger partial charge in [0.05, 0.1) is 12.6 Å². The maximum atomic E-state index is 15.4. The van der Waals surface area contributed by atoms with Crippen LogP contribution in [0, 0.1) is 11.6 Å². The lowest BCUT2D eigenvalue weighted by Gasteiger charge is -2.46. The van der Waals surface area contributed by atoms with E-state index < -0.39 is 40.8 Å². The zero-order valence-electron chi connectivity index (χ0n) is 20.3. The predicted molar refractivity (Wildman–Crippen MR) is 136 cm³/mol. The van der Waals surface area contributed by atoms with Crippen molar-refractivity contribution < 1.29 is 28.2 Å². The fraction of sp³-hybridized carbons (Fsp3) is 0.259. The number of fused-ring (bicyclic) bond motifs is 7. The van der Waals surface area contributed by atoms with E-state index >= 15 is 4.39 Å². The summed E-state index contributed by atoms with van der Waals surface area (Å²) in [5.74, 6) is -2.91. The third-order valence-electron chi connectivity index (χ3n) is 7.00. The highest BCUT2D eigenvalue weighted by Crippen LogP contribution is 2.47. The van der Waals surface area contributed by atoms with Crippen LogP contribution in [0.5, 0.6) is 11.5 Å². The number of nitrogens with zero attached hydrogens (tertiary/aromatic N) is 3. The van der Waals surface area contributed by atoms with Gasteiger partial charge >= 0.3 is 0 Å². The van der Waals surface area contributed by atoms with Crippen molar-refractivity contribution in [2.45, 2.75) is 22.7 Å². The van der Waals surface area contributed by atoms with Crippen molar-refractivity contribution in [1.82, 2.24) is 9.58 Å². The highest BCUT2D eigenvalue weighted by molar-refractivity contribution is 7.98. The highest BCUT2D eigenvalue weighted by atomic mass is 32.2. The summed E-state index contributed by atoms with van der Waals surface area (Å²) >= 11 is 1.37.